The Morgan fingerprint density at radius 1 is 0.538 bits per heavy atom. The molecule has 2 aromatic carbocycles. The fourth-order valence-electron chi connectivity index (χ4n) is 6.47. The first-order chi connectivity index (χ1) is 29.3. The second-order valence-corrected chi connectivity index (χ2v) is 16.0. The van der Waals surface area contributed by atoms with Gasteiger partial charge in [0.15, 0.2) is 0 Å². The summed E-state index contributed by atoms with van der Waals surface area (Å²) < 4.78 is 161. The van der Waals surface area contributed by atoms with E-state index in [1.54, 1.807) is 0 Å². The number of benzene rings is 2. The highest BCUT2D eigenvalue weighted by molar-refractivity contribution is 5.99. The number of carbonyl (C=O) groups is 2. The van der Waals surface area contributed by atoms with E-state index in [2.05, 4.69) is 30.8 Å². The van der Waals surface area contributed by atoms with Crippen molar-refractivity contribution in [1.29, 1.82) is 0 Å². The van der Waals surface area contributed by atoms with Crippen LogP contribution in [0.25, 0.3) is 21.8 Å². The molecule has 2 atom stereocenters. The number of alkyl halides is 12. The zero-order valence-corrected chi connectivity index (χ0v) is 35.1. The van der Waals surface area contributed by atoms with E-state index in [-0.39, 0.29) is 52.1 Å². The molecule has 0 aliphatic heterocycles. The lowest BCUT2D eigenvalue weighted by molar-refractivity contribution is -0.181. The molecule has 0 aliphatic carbocycles. The van der Waals surface area contributed by atoms with Crippen LogP contribution in [0.3, 0.4) is 0 Å². The molecule has 0 aliphatic rings. The van der Waals surface area contributed by atoms with Crippen LogP contribution in [-0.2, 0) is 37.3 Å². The van der Waals surface area contributed by atoms with E-state index in [1.807, 2.05) is 0 Å². The lowest BCUT2D eigenvalue weighted by Gasteiger charge is -2.27. The van der Waals surface area contributed by atoms with Crippen LogP contribution in [0.2, 0.25) is 0 Å². The van der Waals surface area contributed by atoms with Crippen LogP contribution >= 0.6 is 0 Å². The zero-order chi connectivity index (χ0) is 48.1. The predicted octanol–water partition coefficient (Wildman–Crippen LogP) is 11.3. The third kappa shape index (κ3) is 10.7. The van der Waals surface area contributed by atoms with Crippen molar-refractivity contribution in [1.82, 2.24) is 40.2 Å². The Bertz CT molecular complexity index is 2510. The van der Waals surface area contributed by atoms with Gasteiger partial charge in [-0.3, -0.25) is 28.9 Å². The summed E-state index contributed by atoms with van der Waals surface area (Å²) in [5.74, 6) is -1.29. The molecule has 0 spiro atoms. The Labute approximate surface area is 364 Å². The van der Waals surface area contributed by atoms with Gasteiger partial charge in [0.1, 0.15) is 22.2 Å². The highest BCUT2D eigenvalue weighted by atomic mass is 19.4. The van der Waals surface area contributed by atoms with Crippen LogP contribution in [-0.4, -0.2) is 53.7 Å². The Morgan fingerprint density at radius 3 is 1.15 bits per heavy atom. The maximum absolute atomic E-state index is 13.3. The Morgan fingerprint density at radius 2 is 0.862 bits per heavy atom. The van der Waals surface area contributed by atoms with E-state index in [4.69, 9.17) is 0 Å². The Hall–Kier alpha value is -6.22. The lowest BCUT2D eigenvalue weighted by Crippen LogP contribution is -2.37. The van der Waals surface area contributed by atoms with Gasteiger partial charge >= 0.3 is 24.7 Å². The minimum atomic E-state index is -4.64. The average molecular weight is 933 g/mol. The summed E-state index contributed by atoms with van der Waals surface area (Å²) >= 11 is 0. The molecule has 65 heavy (non-hydrogen) atoms. The second kappa shape index (κ2) is 18.0. The molecule has 0 saturated heterocycles. The lowest BCUT2D eigenvalue weighted by atomic mass is 9.87. The van der Waals surface area contributed by atoms with Gasteiger partial charge in [0.05, 0.1) is 46.9 Å². The van der Waals surface area contributed by atoms with Crippen molar-refractivity contribution in [2.75, 3.05) is 0 Å². The smallest absolute Gasteiger partial charge is 0.345 e. The Kier molecular flexibility index (Phi) is 14.2. The number of fused-ring (bicyclic) bond motifs is 2. The van der Waals surface area contributed by atoms with Crippen molar-refractivity contribution in [2.45, 2.75) is 96.6 Å². The number of aryl methyl sites for hydroxylation is 2. The minimum Gasteiger partial charge on any atom is -0.345 e. The largest absolute Gasteiger partial charge is 0.433 e. The number of hydrogen-bond donors (Lipinski definition) is 2. The third-order valence-electron chi connectivity index (χ3n) is 10.7. The van der Waals surface area contributed by atoms with Crippen LogP contribution in [0, 0.1) is 0 Å². The molecule has 0 bridgehead atoms. The van der Waals surface area contributed by atoms with Crippen molar-refractivity contribution in [3.63, 3.8) is 0 Å². The number of nitrogens with one attached hydrogen (secondary N) is 2. The summed E-state index contributed by atoms with van der Waals surface area (Å²) in [6.07, 6.45) is -16.2. The normalized spacial score (nSPS) is 13.7. The van der Waals surface area contributed by atoms with E-state index in [9.17, 15) is 62.3 Å². The maximum atomic E-state index is 13.3. The molecule has 10 nitrogen and oxygen atoms in total. The molecular formula is C43H44F12N8O2. The predicted molar refractivity (Wildman–Crippen MR) is 217 cm³/mol. The van der Waals surface area contributed by atoms with Crippen molar-refractivity contribution >= 4 is 33.6 Å². The van der Waals surface area contributed by atoms with Crippen LogP contribution in [0.1, 0.15) is 116 Å². The summed E-state index contributed by atoms with van der Waals surface area (Å²) in [6, 6.07) is 11.7. The van der Waals surface area contributed by atoms with E-state index in [0.717, 1.165) is 54.2 Å². The van der Waals surface area contributed by atoms with Crippen LogP contribution in [0.4, 0.5) is 52.7 Å². The van der Waals surface area contributed by atoms with Gasteiger partial charge in [-0.15, -0.1) is 0 Å². The number of carbonyl (C=O) groups excluding carboxylic acids is 2. The van der Waals surface area contributed by atoms with Crippen molar-refractivity contribution in [2.24, 2.45) is 14.1 Å². The van der Waals surface area contributed by atoms with Gasteiger partial charge in [-0.1, -0.05) is 19.6 Å². The van der Waals surface area contributed by atoms with Gasteiger partial charge < -0.3 is 10.6 Å². The molecule has 2 N–H and O–H groups in total. The number of amides is 2. The first-order valence-corrected chi connectivity index (χ1v) is 19.0. The summed E-state index contributed by atoms with van der Waals surface area (Å²) in [7, 11) is 2.32. The molecule has 4 heterocycles. The number of pyridine rings is 2. The summed E-state index contributed by atoms with van der Waals surface area (Å²) in [5.41, 5.74) is -6.17. The molecular weight excluding hydrogens is 889 g/mol. The van der Waals surface area contributed by atoms with Crippen molar-refractivity contribution < 1.29 is 62.3 Å². The quantitative estimate of drug-likeness (QED) is 0.147. The molecule has 6 aromatic rings. The molecule has 352 valence electrons. The standard InChI is InChI=1S/2C21H20F6N4O.CH4/c2*1-11(14-10-28-31(4)17(14)20(22,23)24)29-18(32)13-5-7-15-12(9-13)6-8-16(30-15)19(2,3)21(25,26)27;/h2*5-11H,1-4H3,(H,29,32);1H4/t2*11-;/m10./s1. The van der Waals surface area contributed by atoms with Gasteiger partial charge in [0.2, 0.25) is 0 Å². The molecule has 0 radical (unpaired) electrons. The van der Waals surface area contributed by atoms with Crippen molar-refractivity contribution in [3.8, 4) is 0 Å². The zero-order valence-electron chi connectivity index (χ0n) is 35.1. The van der Waals surface area contributed by atoms with Gasteiger partial charge in [-0.25, -0.2) is 0 Å². The van der Waals surface area contributed by atoms with Crippen LogP contribution < -0.4 is 10.6 Å². The SMILES string of the molecule is C.C[C@@H](NC(=O)c1ccc2nc(C(C)(C)C(F)(F)F)ccc2c1)c1cnn(C)c1C(F)(F)F.C[C@H](NC(=O)c1ccc2nc(C(C)(C)C(F)(F)F)ccc2c1)c1cnn(C)c1C(F)(F)F. The minimum absolute atomic E-state index is 0. The molecule has 0 unspecified atom stereocenters. The highest BCUT2D eigenvalue weighted by Crippen LogP contribution is 2.42. The number of halogens is 12. The summed E-state index contributed by atoms with van der Waals surface area (Å²) in [4.78, 5) is 33.4. The van der Waals surface area contributed by atoms with Gasteiger partial charge in [-0.05, 0) is 90.1 Å². The fraction of sp³-hybridized carbons (Fsp3) is 0.395. The van der Waals surface area contributed by atoms with Gasteiger partial charge in [0.25, 0.3) is 11.8 Å². The van der Waals surface area contributed by atoms with Gasteiger partial charge in [0, 0.05) is 47.1 Å². The van der Waals surface area contributed by atoms with Crippen molar-refractivity contribution in [3.05, 3.63) is 118 Å². The number of aromatic nitrogens is 6. The highest BCUT2D eigenvalue weighted by Gasteiger charge is 2.50. The van der Waals surface area contributed by atoms with Crippen LogP contribution in [0.5, 0.6) is 0 Å². The van der Waals surface area contributed by atoms with E-state index in [1.165, 1.54) is 74.5 Å². The summed E-state index contributed by atoms with van der Waals surface area (Å²) in [6.45, 7) is 6.91. The fourth-order valence-corrected chi connectivity index (χ4v) is 6.47. The van der Waals surface area contributed by atoms with Crippen LogP contribution in [0.15, 0.2) is 73.1 Å². The number of nitrogens with zero attached hydrogens (tertiary/aromatic N) is 6. The third-order valence-corrected chi connectivity index (χ3v) is 10.7. The first-order valence-electron chi connectivity index (χ1n) is 19.0. The number of rotatable bonds is 8. The first kappa shape index (κ1) is 51.4. The topological polar surface area (TPSA) is 120 Å². The molecule has 4 aromatic heterocycles. The number of hydrogen-bond acceptors (Lipinski definition) is 6. The monoisotopic (exact) mass is 932 g/mol. The summed E-state index contributed by atoms with van der Waals surface area (Å²) in [5, 5.41) is 13.1. The van der Waals surface area contributed by atoms with E-state index < -0.39 is 70.8 Å². The van der Waals surface area contributed by atoms with E-state index in [0.29, 0.717) is 20.1 Å². The average Bonchev–Trinajstić information content (AvgIpc) is 3.79. The molecule has 6 rings (SSSR count). The molecule has 0 fully saturated rings. The maximum Gasteiger partial charge on any atom is 0.433 e. The Balaban J connectivity index is 0.000000280. The second-order valence-electron chi connectivity index (χ2n) is 16.0. The molecule has 2 amide bonds. The van der Waals surface area contributed by atoms with E-state index >= 15 is 0 Å². The van der Waals surface area contributed by atoms with Gasteiger partial charge in [-0.2, -0.15) is 62.9 Å². The molecule has 22 heteroatoms. The molecule has 0 saturated carbocycles.